The van der Waals surface area contributed by atoms with E-state index in [0.29, 0.717) is 18.9 Å². The van der Waals surface area contributed by atoms with Crippen LogP contribution in [-0.2, 0) is 9.59 Å². The molecule has 1 heterocycles. The summed E-state index contributed by atoms with van der Waals surface area (Å²) >= 11 is 0. The maximum atomic E-state index is 12.3. The molecule has 0 aromatic rings. The summed E-state index contributed by atoms with van der Waals surface area (Å²) < 4.78 is 0. The van der Waals surface area contributed by atoms with Gasteiger partial charge in [0.05, 0.1) is 0 Å². The summed E-state index contributed by atoms with van der Waals surface area (Å²) in [5, 5.41) is 2.82. The number of hydrogen-bond acceptors (Lipinski definition) is 2. The average Bonchev–Trinajstić information content (AvgIpc) is 2.41. The van der Waals surface area contributed by atoms with E-state index in [1.54, 1.807) is 0 Å². The van der Waals surface area contributed by atoms with E-state index in [1.807, 2.05) is 18.7 Å². The molecule has 98 valence electrons. The molecule has 1 N–H and O–H groups in total. The predicted molar refractivity (Wildman–Crippen MR) is 67.4 cm³/mol. The standard InChI is InChI=1S/C13H24N2O2/c1-5-10(4)8-15-7-6-11(16)14-12(9(2)3)13(15)17/h9-10,12H,5-8H2,1-4H3,(H,14,16). The largest absolute Gasteiger partial charge is 0.344 e. The van der Waals surface area contributed by atoms with E-state index >= 15 is 0 Å². The van der Waals surface area contributed by atoms with Gasteiger partial charge in [0, 0.05) is 19.5 Å². The summed E-state index contributed by atoms with van der Waals surface area (Å²) in [4.78, 5) is 25.7. The van der Waals surface area contributed by atoms with Gasteiger partial charge in [0.15, 0.2) is 0 Å². The SMILES string of the molecule is CCC(C)CN1CCC(=O)NC(C(C)C)C1=O. The first kappa shape index (κ1) is 14.0. The van der Waals surface area contributed by atoms with E-state index in [1.165, 1.54) is 0 Å². The van der Waals surface area contributed by atoms with Crippen molar-refractivity contribution in [2.45, 2.75) is 46.6 Å². The van der Waals surface area contributed by atoms with Crippen LogP contribution in [0.15, 0.2) is 0 Å². The van der Waals surface area contributed by atoms with Crippen molar-refractivity contribution in [3.8, 4) is 0 Å². The summed E-state index contributed by atoms with van der Waals surface area (Å²) in [6, 6.07) is -0.353. The fourth-order valence-corrected chi connectivity index (χ4v) is 1.99. The minimum absolute atomic E-state index is 0.0105. The Labute approximate surface area is 104 Å². The molecule has 17 heavy (non-hydrogen) atoms. The van der Waals surface area contributed by atoms with Crippen LogP contribution in [0.5, 0.6) is 0 Å². The molecule has 0 aromatic carbocycles. The lowest BCUT2D eigenvalue weighted by Crippen LogP contribution is -2.48. The first-order valence-corrected chi connectivity index (χ1v) is 6.53. The highest BCUT2D eigenvalue weighted by molar-refractivity contribution is 5.90. The van der Waals surface area contributed by atoms with Gasteiger partial charge in [-0.2, -0.15) is 0 Å². The quantitative estimate of drug-likeness (QED) is 0.807. The Balaban J connectivity index is 2.76. The smallest absolute Gasteiger partial charge is 0.245 e. The first-order chi connectivity index (χ1) is 7.95. The van der Waals surface area contributed by atoms with Crippen LogP contribution in [0.1, 0.15) is 40.5 Å². The Kier molecular flexibility index (Phi) is 4.97. The predicted octanol–water partition coefficient (Wildman–Crippen LogP) is 1.41. The third kappa shape index (κ3) is 3.72. The molecule has 0 aliphatic carbocycles. The van der Waals surface area contributed by atoms with E-state index in [4.69, 9.17) is 0 Å². The van der Waals surface area contributed by atoms with Crippen molar-refractivity contribution in [3.63, 3.8) is 0 Å². The number of carbonyl (C=O) groups is 2. The zero-order valence-corrected chi connectivity index (χ0v) is 11.3. The van der Waals surface area contributed by atoms with E-state index in [0.717, 1.165) is 13.0 Å². The topological polar surface area (TPSA) is 49.4 Å². The van der Waals surface area contributed by atoms with E-state index in [2.05, 4.69) is 19.2 Å². The molecule has 2 unspecified atom stereocenters. The molecule has 1 rings (SSSR count). The number of carbonyl (C=O) groups excluding carboxylic acids is 2. The maximum Gasteiger partial charge on any atom is 0.245 e. The highest BCUT2D eigenvalue weighted by Gasteiger charge is 2.32. The summed E-state index contributed by atoms with van der Waals surface area (Å²) in [6.07, 6.45) is 1.48. The zero-order valence-electron chi connectivity index (χ0n) is 11.3. The second-order valence-corrected chi connectivity index (χ2v) is 5.34. The molecule has 0 bridgehead atoms. The van der Waals surface area contributed by atoms with E-state index < -0.39 is 0 Å². The number of amides is 2. The van der Waals surface area contributed by atoms with Gasteiger partial charge in [0.25, 0.3) is 0 Å². The fraction of sp³-hybridized carbons (Fsp3) is 0.846. The number of rotatable bonds is 4. The lowest BCUT2D eigenvalue weighted by Gasteiger charge is -2.28. The average molecular weight is 240 g/mol. The van der Waals surface area contributed by atoms with E-state index in [-0.39, 0.29) is 23.8 Å². The summed E-state index contributed by atoms with van der Waals surface area (Å²) in [6.45, 7) is 9.50. The molecule has 1 saturated heterocycles. The molecule has 2 atom stereocenters. The minimum atomic E-state index is -0.353. The van der Waals surface area contributed by atoms with Gasteiger partial charge in [-0.15, -0.1) is 0 Å². The van der Waals surface area contributed by atoms with Crippen LogP contribution < -0.4 is 5.32 Å². The Hall–Kier alpha value is -1.06. The lowest BCUT2D eigenvalue weighted by atomic mass is 10.0. The number of hydrogen-bond donors (Lipinski definition) is 1. The Bertz CT molecular complexity index is 289. The molecule has 0 aromatic heterocycles. The molecular formula is C13H24N2O2. The van der Waals surface area contributed by atoms with Gasteiger partial charge in [-0.1, -0.05) is 34.1 Å². The molecule has 2 amide bonds. The van der Waals surface area contributed by atoms with Crippen molar-refractivity contribution in [1.29, 1.82) is 0 Å². The van der Waals surface area contributed by atoms with Gasteiger partial charge >= 0.3 is 0 Å². The lowest BCUT2D eigenvalue weighted by molar-refractivity contribution is -0.135. The second kappa shape index (κ2) is 6.03. The van der Waals surface area contributed by atoms with Gasteiger partial charge < -0.3 is 10.2 Å². The van der Waals surface area contributed by atoms with Crippen LogP contribution in [0.25, 0.3) is 0 Å². The van der Waals surface area contributed by atoms with Gasteiger partial charge in [-0.05, 0) is 11.8 Å². The van der Waals surface area contributed by atoms with Gasteiger partial charge in [-0.25, -0.2) is 0 Å². The zero-order chi connectivity index (χ0) is 13.0. The van der Waals surface area contributed by atoms with Crippen LogP contribution in [-0.4, -0.2) is 35.8 Å². The third-order valence-electron chi connectivity index (χ3n) is 3.40. The molecule has 4 heteroatoms. The van der Waals surface area contributed by atoms with Crippen LogP contribution in [0, 0.1) is 11.8 Å². The van der Waals surface area contributed by atoms with Crippen LogP contribution in [0.3, 0.4) is 0 Å². The van der Waals surface area contributed by atoms with Crippen molar-refractivity contribution < 1.29 is 9.59 Å². The van der Waals surface area contributed by atoms with E-state index in [9.17, 15) is 9.59 Å². The normalized spacial score (nSPS) is 23.6. The van der Waals surface area contributed by atoms with Gasteiger partial charge in [0.2, 0.25) is 11.8 Å². The van der Waals surface area contributed by atoms with Crippen molar-refractivity contribution in [1.82, 2.24) is 10.2 Å². The van der Waals surface area contributed by atoms with Crippen molar-refractivity contribution >= 4 is 11.8 Å². The second-order valence-electron chi connectivity index (χ2n) is 5.34. The van der Waals surface area contributed by atoms with Gasteiger partial charge in [-0.3, -0.25) is 9.59 Å². The molecule has 0 radical (unpaired) electrons. The highest BCUT2D eigenvalue weighted by Crippen LogP contribution is 2.13. The Morgan fingerprint density at radius 2 is 2.00 bits per heavy atom. The molecule has 1 aliphatic rings. The van der Waals surface area contributed by atoms with Crippen molar-refractivity contribution in [2.75, 3.05) is 13.1 Å². The molecule has 1 fully saturated rings. The molecular weight excluding hydrogens is 216 g/mol. The number of nitrogens with one attached hydrogen (secondary N) is 1. The summed E-state index contributed by atoms with van der Waals surface area (Å²) in [7, 11) is 0. The minimum Gasteiger partial charge on any atom is -0.344 e. The first-order valence-electron chi connectivity index (χ1n) is 6.53. The third-order valence-corrected chi connectivity index (χ3v) is 3.40. The van der Waals surface area contributed by atoms with Crippen LogP contribution in [0.2, 0.25) is 0 Å². The van der Waals surface area contributed by atoms with Gasteiger partial charge in [0.1, 0.15) is 6.04 Å². The molecule has 1 aliphatic heterocycles. The van der Waals surface area contributed by atoms with Crippen molar-refractivity contribution in [2.24, 2.45) is 11.8 Å². The molecule has 0 spiro atoms. The molecule has 4 nitrogen and oxygen atoms in total. The summed E-state index contributed by atoms with van der Waals surface area (Å²) in [5.41, 5.74) is 0. The van der Waals surface area contributed by atoms with Crippen LogP contribution >= 0.6 is 0 Å². The summed E-state index contributed by atoms with van der Waals surface area (Å²) in [5.74, 6) is 0.693. The number of nitrogens with zero attached hydrogens (tertiary/aromatic N) is 1. The monoisotopic (exact) mass is 240 g/mol. The van der Waals surface area contributed by atoms with Crippen molar-refractivity contribution in [3.05, 3.63) is 0 Å². The maximum absolute atomic E-state index is 12.3. The Morgan fingerprint density at radius 1 is 1.35 bits per heavy atom. The Morgan fingerprint density at radius 3 is 2.53 bits per heavy atom. The van der Waals surface area contributed by atoms with Crippen LogP contribution in [0.4, 0.5) is 0 Å². The fourth-order valence-electron chi connectivity index (χ4n) is 1.99. The highest BCUT2D eigenvalue weighted by atomic mass is 16.2. The molecule has 0 saturated carbocycles.